The Labute approximate surface area is 177 Å². The molecule has 0 saturated carbocycles. The Morgan fingerprint density at radius 3 is 2.97 bits per heavy atom. The zero-order chi connectivity index (χ0) is 20.7. The highest BCUT2D eigenvalue weighted by molar-refractivity contribution is 7.20. The molecule has 158 valence electrons. The van der Waals surface area contributed by atoms with Crippen molar-refractivity contribution in [2.45, 2.75) is 57.9 Å². The number of hydrogen-bond acceptors (Lipinski definition) is 6. The van der Waals surface area contributed by atoms with Crippen molar-refractivity contribution in [3.05, 3.63) is 38.4 Å². The van der Waals surface area contributed by atoms with Gasteiger partial charge in [-0.3, -0.25) is 19.3 Å². The van der Waals surface area contributed by atoms with E-state index in [1.54, 1.807) is 4.57 Å². The zero-order valence-electron chi connectivity index (χ0n) is 17.0. The lowest BCUT2D eigenvalue weighted by Gasteiger charge is -2.20. The number of nitrogens with one attached hydrogen (secondary N) is 2. The van der Waals surface area contributed by atoms with Crippen LogP contribution in [-0.4, -0.2) is 38.9 Å². The van der Waals surface area contributed by atoms with Gasteiger partial charge in [0.1, 0.15) is 10.7 Å². The average molecular weight is 428 g/mol. The average Bonchev–Trinajstić information content (AvgIpc) is 3.26. The second-order valence-electron chi connectivity index (χ2n) is 8.08. The van der Waals surface area contributed by atoms with Crippen molar-refractivity contribution >= 4 is 33.3 Å². The minimum absolute atomic E-state index is 0.0220. The van der Waals surface area contributed by atoms with Crippen LogP contribution in [0.3, 0.4) is 0 Å². The van der Waals surface area contributed by atoms with Crippen molar-refractivity contribution in [2.75, 3.05) is 18.5 Å². The van der Waals surface area contributed by atoms with Crippen molar-refractivity contribution < 1.29 is 9.53 Å². The molecule has 1 saturated heterocycles. The number of aromatic amines is 1. The second-order valence-corrected chi connectivity index (χ2v) is 9.08. The SMILES string of the molecule is Cc1c(C(=O)Nc2cc(C3CCOCC3)[nH]n2)sc2nc3n(c(=O)c12)CCCCC3. The van der Waals surface area contributed by atoms with E-state index in [0.717, 1.165) is 63.3 Å². The van der Waals surface area contributed by atoms with Gasteiger partial charge in [0.25, 0.3) is 11.5 Å². The standard InChI is InChI=1S/C21H25N5O3S/c1-12-17-20(23-16-5-3-2-4-8-26(16)21(17)28)30-18(12)19(27)22-15-11-14(24-25-15)13-6-9-29-10-7-13/h11,13H,2-10H2,1H3,(H2,22,24,25,27). The van der Waals surface area contributed by atoms with Crippen LogP contribution in [0.25, 0.3) is 10.2 Å². The van der Waals surface area contributed by atoms with Crippen LogP contribution in [0.15, 0.2) is 10.9 Å². The molecule has 0 aliphatic carbocycles. The molecule has 3 aromatic rings. The first-order valence-corrected chi connectivity index (χ1v) is 11.4. The Hall–Kier alpha value is -2.52. The highest BCUT2D eigenvalue weighted by atomic mass is 32.1. The van der Waals surface area contributed by atoms with Crippen LogP contribution in [0.1, 0.15) is 64.8 Å². The van der Waals surface area contributed by atoms with Crippen LogP contribution < -0.4 is 10.9 Å². The Bertz CT molecular complexity index is 1160. The van der Waals surface area contributed by atoms with E-state index in [1.807, 2.05) is 13.0 Å². The van der Waals surface area contributed by atoms with Gasteiger partial charge in [0, 0.05) is 43.9 Å². The number of thiophene rings is 1. The number of rotatable bonds is 3. The maximum atomic E-state index is 13.1. The lowest BCUT2D eigenvalue weighted by Crippen LogP contribution is -2.24. The predicted octanol–water partition coefficient (Wildman–Crippen LogP) is 3.36. The molecule has 2 aliphatic rings. The molecule has 5 rings (SSSR count). The number of hydrogen-bond donors (Lipinski definition) is 2. The molecular formula is C21H25N5O3S. The molecule has 0 atom stereocenters. The summed E-state index contributed by atoms with van der Waals surface area (Å²) in [7, 11) is 0. The third-order valence-corrected chi connectivity index (χ3v) is 7.30. The molecule has 1 amide bonds. The fourth-order valence-corrected chi connectivity index (χ4v) is 5.50. The highest BCUT2D eigenvalue weighted by Gasteiger charge is 2.23. The molecule has 9 heteroatoms. The summed E-state index contributed by atoms with van der Waals surface area (Å²) in [5, 5.41) is 10.7. The summed E-state index contributed by atoms with van der Waals surface area (Å²) in [6.45, 7) is 4.03. The smallest absolute Gasteiger partial charge is 0.267 e. The monoisotopic (exact) mass is 427 g/mol. The lowest BCUT2D eigenvalue weighted by molar-refractivity contribution is 0.0845. The quantitative estimate of drug-likeness (QED) is 0.667. The van der Waals surface area contributed by atoms with Gasteiger partial charge in [-0.1, -0.05) is 6.42 Å². The number of H-pyrrole nitrogens is 1. The summed E-state index contributed by atoms with van der Waals surface area (Å²) in [4.78, 5) is 32.0. The van der Waals surface area contributed by atoms with Gasteiger partial charge < -0.3 is 10.1 Å². The summed E-state index contributed by atoms with van der Waals surface area (Å²) in [6, 6.07) is 1.89. The Morgan fingerprint density at radius 2 is 2.13 bits per heavy atom. The molecule has 1 fully saturated rings. The van der Waals surface area contributed by atoms with E-state index >= 15 is 0 Å². The Kier molecular flexibility index (Phi) is 5.16. The minimum atomic E-state index is -0.250. The molecule has 30 heavy (non-hydrogen) atoms. The van der Waals surface area contributed by atoms with Crippen LogP contribution in [0, 0.1) is 6.92 Å². The maximum Gasteiger partial charge on any atom is 0.267 e. The number of anilines is 1. The first-order chi connectivity index (χ1) is 14.6. The van der Waals surface area contributed by atoms with E-state index < -0.39 is 0 Å². The molecule has 5 heterocycles. The van der Waals surface area contributed by atoms with E-state index in [-0.39, 0.29) is 11.5 Å². The van der Waals surface area contributed by atoms with E-state index in [2.05, 4.69) is 15.5 Å². The maximum absolute atomic E-state index is 13.1. The van der Waals surface area contributed by atoms with Gasteiger partial charge >= 0.3 is 0 Å². The normalized spacial score (nSPS) is 17.6. The third-order valence-electron chi connectivity index (χ3n) is 6.12. The highest BCUT2D eigenvalue weighted by Crippen LogP contribution is 2.30. The number of carbonyl (C=O) groups is 1. The fourth-order valence-electron chi connectivity index (χ4n) is 4.42. The summed E-state index contributed by atoms with van der Waals surface area (Å²) >= 11 is 1.29. The van der Waals surface area contributed by atoms with E-state index in [1.165, 1.54) is 11.3 Å². The topological polar surface area (TPSA) is 102 Å². The molecular weight excluding hydrogens is 402 g/mol. The molecule has 0 radical (unpaired) electrons. The first-order valence-electron chi connectivity index (χ1n) is 10.6. The van der Waals surface area contributed by atoms with Crippen molar-refractivity contribution in [1.82, 2.24) is 19.7 Å². The molecule has 0 unspecified atom stereocenters. The van der Waals surface area contributed by atoms with Crippen LogP contribution in [0.2, 0.25) is 0 Å². The van der Waals surface area contributed by atoms with Crippen molar-refractivity contribution in [1.29, 1.82) is 0 Å². The van der Waals surface area contributed by atoms with Crippen LogP contribution in [0.5, 0.6) is 0 Å². The van der Waals surface area contributed by atoms with Crippen molar-refractivity contribution in [2.24, 2.45) is 0 Å². The van der Waals surface area contributed by atoms with E-state index in [4.69, 9.17) is 9.72 Å². The Balaban J connectivity index is 1.43. The molecule has 0 spiro atoms. The minimum Gasteiger partial charge on any atom is -0.381 e. The van der Waals surface area contributed by atoms with Gasteiger partial charge in [0.2, 0.25) is 0 Å². The van der Waals surface area contributed by atoms with Gasteiger partial charge in [-0.05, 0) is 38.2 Å². The van der Waals surface area contributed by atoms with Crippen molar-refractivity contribution in [3.63, 3.8) is 0 Å². The van der Waals surface area contributed by atoms with Gasteiger partial charge in [-0.2, -0.15) is 5.10 Å². The number of fused-ring (bicyclic) bond motifs is 2. The largest absolute Gasteiger partial charge is 0.381 e. The molecule has 0 bridgehead atoms. The van der Waals surface area contributed by atoms with Gasteiger partial charge in [0.15, 0.2) is 5.82 Å². The summed E-state index contributed by atoms with van der Waals surface area (Å²) in [5.74, 6) is 1.47. The molecule has 2 N–H and O–H groups in total. The number of ether oxygens (including phenoxy) is 1. The number of nitrogens with zero attached hydrogens (tertiary/aromatic N) is 3. The third kappa shape index (κ3) is 3.45. The number of aryl methyl sites for hydroxylation is 2. The second kappa shape index (κ2) is 7.96. The Morgan fingerprint density at radius 1 is 1.30 bits per heavy atom. The van der Waals surface area contributed by atoms with Gasteiger partial charge in [-0.25, -0.2) is 4.98 Å². The number of aromatic nitrogens is 4. The molecule has 8 nitrogen and oxygen atoms in total. The van der Waals surface area contributed by atoms with Crippen molar-refractivity contribution in [3.8, 4) is 0 Å². The summed E-state index contributed by atoms with van der Waals surface area (Å²) < 4.78 is 7.21. The number of carbonyl (C=O) groups excluding carboxylic acids is 1. The van der Waals surface area contributed by atoms with Crippen LogP contribution >= 0.6 is 11.3 Å². The zero-order valence-corrected chi connectivity index (χ0v) is 17.8. The van der Waals surface area contributed by atoms with Gasteiger partial charge in [0.05, 0.1) is 10.3 Å². The van der Waals surface area contributed by atoms with Crippen LogP contribution in [-0.2, 0) is 17.7 Å². The predicted molar refractivity (Wildman–Crippen MR) is 116 cm³/mol. The van der Waals surface area contributed by atoms with E-state index in [9.17, 15) is 9.59 Å². The fraction of sp³-hybridized carbons (Fsp3) is 0.524. The first kappa shape index (κ1) is 19.4. The van der Waals surface area contributed by atoms with Crippen LogP contribution in [0.4, 0.5) is 5.82 Å². The molecule has 2 aliphatic heterocycles. The number of amides is 1. The lowest BCUT2D eigenvalue weighted by atomic mass is 9.97. The molecule has 3 aromatic heterocycles. The summed E-state index contributed by atoms with van der Waals surface area (Å²) in [6.07, 6.45) is 5.86. The van der Waals surface area contributed by atoms with Gasteiger partial charge in [-0.15, -0.1) is 11.3 Å². The molecule has 0 aromatic carbocycles. The summed E-state index contributed by atoms with van der Waals surface area (Å²) in [5.41, 5.74) is 1.70. The van der Waals surface area contributed by atoms with E-state index in [0.29, 0.717) is 38.9 Å².